The number of hydrogen-bond acceptors (Lipinski definition) is 2. The van der Waals surface area contributed by atoms with E-state index in [1.807, 2.05) is 0 Å². The van der Waals surface area contributed by atoms with E-state index >= 15 is 0 Å². The summed E-state index contributed by atoms with van der Waals surface area (Å²) in [6.07, 6.45) is 7.28. The third kappa shape index (κ3) is 6.50. The number of halogens is 2. The Morgan fingerprint density at radius 1 is 1.08 bits per heavy atom. The zero-order chi connectivity index (χ0) is 19.1. The third-order valence-corrected chi connectivity index (χ3v) is 5.03. The highest BCUT2D eigenvalue weighted by Gasteiger charge is 2.45. The molecule has 1 N–H and O–H groups in total. The van der Waals surface area contributed by atoms with E-state index in [0.717, 1.165) is 19.8 Å². The number of alkyl halides is 2. The first-order valence-electron chi connectivity index (χ1n) is 9.33. The van der Waals surface area contributed by atoms with Gasteiger partial charge in [-0.15, -0.1) is 0 Å². The molecule has 1 rings (SSSR count). The standard InChI is InChI=1S/C21H32F2O2/c1-5-6-7-9-16(2)10-8-11-19(24)17-12-14-18(15-13-17)20(3,25)21(4,22)23/h12-16,25H,5-11H2,1-4H3/t16-,20+/m1/s1. The normalized spacial score (nSPS) is 15.6. The van der Waals surface area contributed by atoms with Crippen molar-refractivity contribution in [2.75, 3.05) is 0 Å². The van der Waals surface area contributed by atoms with Crippen molar-refractivity contribution in [2.45, 2.75) is 84.2 Å². The van der Waals surface area contributed by atoms with Crippen molar-refractivity contribution in [2.24, 2.45) is 5.92 Å². The molecule has 1 aromatic rings. The van der Waals surface area contributed by atoms with Crippen LogP contribution < -0.4 is 0 Å². The van der Waals surface area contributed by atoms with Crippen LogP contribution in [0, 0.1) is 5.92 Å². The highest BCUT2D eigenvalue weighted by atomic mass is 19.3. The Kier molecular flexibility index (Phi) is 8.20. The van der Waals surface area contributed by atoms with Gasteiger partial charge in [-0.1, -0.05) is 70.2 Å². The summed E-state index contributed by atoms with van der Waals surface area (Å²) in [7, 11) is 0. The van der Waals surface area contributed by atoms with E-state index in [2.05, 4.69) is 13.8 Å². The number of ketones is 1. The molecule has 142 valence electrons. The van der Waals surface area contributed by atoms with Gasteiger partial charge >= 0.3 is 0 Å². The van der Waals surface area contributed by atoms with Gasteiger partial charge in [-0.3, -0.25) is 4.79 Å². The maximum atomic E-state index is 13.5. The second-order valence-corrected chi connectivity index (χ2v) is 7.45. The predicted octanol–water partition coefficient (Wildman–Crippen LogP) is 6.12. The number of unbranched alkanes of at least 4 members (excludes halogenated alkanes) is 2. The van der Waals surface area contributed by atoms with E-state index < -0.39 is 11.5 Å². The Labute approximate surface area is 150 Å². The Morgan fingerprint density at radius 2 is 1.64 bits per heavy atom. The van der Waals surface area contributed by atoms with E-state index in [9.17, 15) is 18.7 Å². The largest absolute Gasteiger partial charge is 0.379 e. The van der Waals surface area contributed by atoms with E-state index in [1.165, 1.54) is 49.9 Å². The molecule has 25 heavy (non-hydrogen) atoms. The fraction of sp³-hybridized carbons (Fsp3) is 0.667. The van der Waals surface area contributed by atoms with Crippen LogP contribution in [0.25, 0.3) is 0 Å². The van der Waals surface area contributed by atoms with Crippen molar-refractivity contribution in [3.63, 3.8) is 0 Å². The predicted molar refractivity (Wildman–Crippen MR) is 98.1 cm³/mol. The van der Waals surface area contributed by atoms with E-state index in [4.69, 9.17) is 0 Å². The smallest absolute Gasteiger partial charge is 0.277 e. The number of Topliss-reactive ketones (excluding diaryl/α,β-unsaturated/α-hetero) is 1. The molecule has 0 aromatic heterocycles. The summed E-state index contributed by atoms with van der Waals surface area (Å²) in [5.74, 6) is -2.61. The number of rotatable bonds is 11. The maximum absolute atomic E-state index is 13.5. The van der Waals surface area contributed by atoms with Gasteiger partial charge in [-0.2, -0.15) is 0 Å². The molecule has 0 bridgehead atoms. The van der Waals surface area contributed by atoms with Crippen LogP contribution in [0.5, 0.6) is 0 Å². The molecule has 0 radical (unpaired) electrons. The molecule has 0 saturated heterocycles. The average Bonchev–Trinajstić information content (AvgIpc) is 2.54. The van der Waals surface area contributed by atoms with Gasteiger partial charge in [-0.25, -0.2) is 8.78 Å². The first-order chi connectivity index (χ1) is 11.6. The van der Waals surface area contributed by atoms with Gasteiger partial charge in [-0.05, 0) is 24.8 Å². The summed E-state index contributed by atoms with van der Waals surface area (Å²) in [4.78, 5) is 12.2. The van der Waals surface area contributed by atoms with Gasteiger partial charge in [0.15, 0.2) is 5.78 Å². The molecule has 0 fully saturated rings. The summed E-state index contributed by atoms with van der Waals surface area (Å²) in [5, 5.41) is 10.0. The molecule has 2 nitrogen and oxygen atoms in total. The lowest BCUT2D eigenvalue weighted by Gasteiger charge is -2.30. The van der Waals surface area contributed by atoms with Gasteiger partial charge in [0.2, 0.25) is 0 Å². The Bertz CT molecular complexity index is 530. The minimum absolute atomic E-state index is 0.0233. The molecule has 0 aliphatic heterocycles. The van der Waals surface area contributed by atoms with Gasteiger partial charge in [0.05, 0.1) is 0 Å². The SMILES string of the molecule is CCCCC[C@@H](C)CCCC(=O)c1ccc([C@](C)(O)C(C)(F)F)cc1. The van der Waals surface area contributed by atoms with Gasteiger partial charge in [0.25, 0.3) is 5.92 Å². The lowest BCUT2D eigenvalue weighted by Crippen LogP contribution is -2.40. The highest BCUT2D eigenvalue weighted by molar-refractivity contribution is 5.96. The summed E-state index contributed by atoms with van der Waals surface area (Å²) < 4.78 is 27.0. The molecule has 0 aliphatic carbocycles. The van der Waals surface area contributed by atoms with Crippen molar-refractivity contribution in [1.29, 1.82) is 0 Å². The molecule has 0 spiro atoms. The molecule has 2 atom stereocenters. The second kappa shape index (κ2) is 9.42. The van der Waals surface area contributed by atoms with Crippen LogP contribution in [0.15, 0.2) is 24.3 Å². The van der Waals surface area contributed by atoms with Crippen LogP contribution in [0.4, 0.5) is 8.78 Å². The minimum Gasteiger partial charge on any atom is -0.379 e. The lowest BCUT2D eigenvalue weighted by atomic mass is 9.89. The molecular formula is C21H32F2O2. The zero-order valence-electron chi connectivity index (χ0n) is 15.9. The maximum Gasteiger partial charge on any atom is 0.277 e. The molecule has 0 heterocycles. The Morgan fingerprint density at radius 3 is 2.16 bits per heavy atom. The summed E-state index contributed by atoms with van der Waals surface area (Å²) in [6.45, 7) is 6.19. The molecule has 1 aromatic carbocycles. The van der Waals surface area contributed by atoms with E-state index in [1.54, 1.807) is 0 Å². The van der Waals surface area contributed by atoms with E-state index in [-0.39, 0.29) is 11.3 Å². The topological polar surface area (TPSA) is 37.3 Å². The van der Waals surface area contributed by atoms with Gasteiger partial charge < -0.3 is 5.11 Å². The van der Waals surface area contributed by atoms with Crippen LogP contribution in [-0.2, 0) is 5.60 Å². The van der Waals surface area contributed by atoms with Crippen molar-refractivity contribution >= 4 is 5.78 Å². The van der Waals surface area contributed by atoms with Crippen LogP contribution in [-0.4, -0.2) is 16.8 Å². The van der Waals surface area contributed by atoms with Crippen LogP contribution in [0.3, 0.4) is 0 Å². The van der Waals surface area contributed by atoms with Gasteiger partial charge in [0, 0.05) is 18.9 Å². The van der Waals surface area contributed by atoms with Crippen molar-refractivity contribution in [1.82, 2.24) is 0 Å². The quantitative estimate of drug-likeness (QED) is 0.384. The fourth-order valence-corrected chi connectivity index (χ4v) is 2.88. The number of hydrogen-bond donors (Lipinski definition) is 1. The monoisotopic (exact) mass is 354 g/mol. The summed E-state index contributed by atoms with van der Waals surface area (Å²) in [6, 6.07) is 5.89. The molecule has 0 unspecified atom stereocenters. The first-order valence-corrected chi connectivity index (χ1v) is 9.33. The number of benzene rings is 1. The summed E-state index contributed by atoms with van der Waals surface area (Å²) in [5.41, 5.74) is -1.62. The molecule has 4 heteroatoms. The second-order valence-electron chi connectivity index (χ2n) is 7.45. The van der Waals surface area contributed by atoms with Gasteiger partial charge in [0.1, 0.15) is 5.60 Å². The van der Waals surface area contributed by atoms with Crippen molar-refractivity contribution in [3.8, 4) is 0 Å². The molecule has 0 amide bonds. The van der Waals surface area contributed by atoms with Crippen LogP contribution >= 0.6 is 0 Å². The van der Waals surface area contributed by atoms with E-state index in [0.29, 0.717) is 24.8 Å². The number of carbonyl (C=O) groups is 1. The summed E-state index contributed by atoms with van der Waals surface area (Å²) >= 11 is 0. The minimum atomic E-state index is -3.26. The molecule has 0 aliphatic rings. The number of carbonyl (C=O) groups excluding carboxylic acids is 1. The third-order valence-electron chi connectivity index (χ3n) is 5.03. The zero-order valence-corrected chi connectivity index (χ0v) is 15.9. The average molecular weight is 354 g/mol. The van der Waals surface area contributed by atoms with Crippen LogP contribution in [0.1, 0.15) is 88.6 Å². The van der Waals surface area contributed by atoms with Crippen LogP contribution in [0.2, 0.25) is 0 Å². The van der Waals surface area contributed by atoms with Crippen molar-refractivity contribution < 1.29 is 18.7 Å². The highest BCUT2D eigenvalue weighted by Crippen LogP contribution is 2.36. The Hall–Kier alpha value is -1.29. The lowest BCUT2D eigenvalue weighted by molar-refractivity contribution is -0.165. The fourth-order valence-electron chi connectivity index (χ4n) is 2.88. The molecule has 0 saturated carbocycles. The molecular weight excluding hydrogens is 322 g/mol. The first kappa shape index (κ1) is 21.8. The number of aliphatic hydroxyl groups is 1. The van der Waals surface area contributed by atoms with Crippen molar-refractivity contribution in [3.05, 3.63) is 35.4 Å². The Balaban J connectivity index is 2.52.